The van der Waals surface area contributed by atoms with Gasteiger partial charge in [-0.1, -0.05) is 44.4 Å². The van der Waals surface area contributed by atoms with Gasteiger partial charge in [0.2, 0.25) is 15.9 Å². The number of amides is 2. The van der Waals surface area contributed by atoms with Gasteiger partial charge in [0.25, 0.3) is 5.91 Å². The van der Waals surface area contributed by atoms with Gasteiger partial charge in [0.15, 0.2) is 0 Å². The smallest absolute Gasteiger partial charge is 0.258 e. The summed E-state index contributed by atoms with van der Waals surface area (Å²) in [4.78, 5) is 29.2. The first-order valence-corrected chi connectivity index (χ1v) is 18.1. The summed E-state index contributed by atoms with van der Waals surface area (Å²) < 4.78 is 40.6. The van der Waals surface area contributed by atoms with Crippen LogP contribution < -0.4 is 10.1 Å². The van der Waals surface area contributed by atoms with Crippen molar-refractivity contribution < 1.29 is 32.6 Å². The first-order chi connectivity index (χ1) is 22.0. The number of fused-ring (bicyclic) bond motifs is 1. The van der Waals surface area contributed by atoms with E-state index >= 15 is 0 Å². The molecule has 0 saturated heterocycles. The molecule has 10 nitrogen and oxygen atoms in total. The molecule has 1 fully saturated rings. The Morgan fingerprint density at radius 3 is 2.43 bits per heavy atom. The van der Waals surface area contributed by atoms with Crippen LogP contribution in [0, 0.1) is 11.8 Å². The van der Waals surface area contributed by atoms with E-state index in [1.54, 1.807) is 67.4 Å². The van der Waals surface area contributed by atoms with E-state index in [1.807, 2.05) is 13.8 Å². The second kappa shape index (κ2) is 16.7. The molecule has 2 amide bonds. The number of carbonyl (C=O) groups is 2. The van der Waals surface area contributed by atoms with Crippen LogP contribution in [-0.4, -0.2) is 86.1 Å². The molecular formula is C35H51N3O7S. The summed E-state index contributed by atoms with van der Waals surface area (Å²) in [6.45, 7) is 6.14. The normalized spacial score (nSPS) is 23.2. The summed E-state index contributed by atoms with van der Waals surface area (Å²) in [6, 6.07) is 12.9. The fraction of sp³-hybridized carbons (Fsp3) is 0.600. The Kier molecular flexibility index (Phi) is 13.0. The predicted molar refractivity (Wildman–Crippen MR) is 178 cm³/mol. The van der Waals surface area contributed by atoms with Gasteiger partial charge in [0, 0.05) is 44.3 Å². The average molecular weight is 658 g/mol. The Balaban J connectivity index is 1.63. The van der Waals surface area contributed by atoms with Crippen molar-refractivity contribution in [2.24, 2.45) is 11.8 Å². The van der Waals surface area contributed by atoms with Crippen molar-refractivity contribution >= 4 is 27.5 Å². The van der Waals surface area contributed by atoms with E-state index in [4.69, 9.17) is 9.47 Å². The van der Waals surface area contributed by atoms with Gasteiger partial charge in [0.05, 0.1) is 35.3 Å². The molecule has 0 bridgehead atoms. The molecule has 1 aliphatic heterocycles. The summed E-state index contributed by atoms with van der Waals surface area (Å²) in [5.74, 6) is -0.278. The number of sulfonamides is 1. The molecule has 2 aliphatic rings. The standard InChI is InChI=1S/C35H51N3O7S/c1-25-22-38(26(2)24-39)35(41)31-21-29(36-34(40)28-14-7-5-8-15-28)18-19-32(31)45-27(3)13-11-12-20-44-33(25)23-37(4)46(42,43)30-16-9-6-10-17-30/h6,9-10,16-19,21,25-28,33,39H,5,7-8,11-15,20,22-24H2,1-4H3,(H,36,40)/t25-,26+,27+,33+/m0/s1. The number of aliphatic hydroxyl groups excluding tert-OH is 1. The minimum Gasteiger partial charge on any atom is -0.490 e. The van der Waals surface area contributed by atoms with E-state index in [2.05, 4.69) is 5.32 Å². The molecule has 1 saturated carbocycles. The highest BCUT2D eigenvalue weighted by molar-refractivity contribution is 7.89. The highest BCUT2D eigenvalue weighted by atomic mass is 32.2. The zero-order chi connectivity index (χ0) is 33.3. The van der Waals surface area contributed by atoms with Gasteiger partial charge < -0.3 is 24.8 Å². The van der Waals surface area contributed by atoms with Crippen LogP contribution in [0.3, 0.4) is 0 Å². The topological polar surface area (TPSA) is 125 Å². The van der Waals surface area contributed by atoms with Crippen molar-refractivity contribution in [1.29, 1.82) is 0 Å². The molecular weight excluding hydrogens is 606 g/mol. The van der Waals surface area contributed by atoms with E-state index in [0.29, 0.717) is 23.6 Å². The van der Waals surface area contributed by atoms with Gasteiger partial charge >= 0.3 is 0 Å². The molecule has 11 heteroatoms. The number of rotatable bonds is 8. The second-order valence-electron chi connectivity index (χ2n) is 12.9. The number of nitrogens with one attached hydrogen (secondary N) is 1. The maximum atomic E-state index is 14.3. The molecule has 46 heavy (non-hydrogen) atoms. The molecule has 2 N–H and O–H groups in total. The number of ether oxygens (including phenoxy) is 2. The third-order valence-corrected chi connectivity index (χ3v) is 11.0. The Hall–Kier alpha value is -2.99. The van der Waals surface area contributed by atoms with E-state index < -0.39 is 22.2 Å². The first-order valence-electron chi connectivity index (χ1n) is 16.7. The number of nitrogens with zero attached hydrogens (tertiary/aromatic N) is 2. The van der Waals surface area contributed by atoms with Gasteiger partial charge in [-0.2, -0.15) is 4.31 Å². The molecule has 4 rings (SSSR count). The van der Waals surface area contributed by atoms with Gasteiger partial charge in [-0.05, 0) is 76.3 Å². The fourth-order valence-electron chi connectivity index (χ4n) is 6.20. The van der Waals surface area contributed by atoms with Crippen molar-refractivity contribution in [3.8, 4) is 5.75 Å². The van der Waals surface area contributed by atoms with Crippen LogP contribution in [-0.2, 0) is 19.6 Å². The van der Waals surface area contributed by atoms with Crippen LogP contribution in [0.15, 0.2) is 53.4 Å². The summed E-state index contributed by atoms with van der Waals surface area (Å²) >= 11 is 0. The highest BCUT2D eigenvalue weighted by Gasteiger charge is 2.32. The van der Waals surface area contributed by atoms with Gasteiger partial charge in [-0.3, -0.25) is 9.59 Å². The fourth-order valence-corrected chi connectivity index (χ4v) is 7.40. The average Bonchev–Trinajstić information content (AvgIpc) is 3.06. The summed E-state index contributed by atoms with van der Waals surface area (Å²) in [5, 5.41) is 13.2. The number of carbonyl (C=O) groups excluding carboxylic acids is 2. The summed E-state index contributed by atoms with van der Waals surface area (Å²) in [7, 11) is -2.21. The van der Waals surface area contributed by atoms with Crippen LogP contribution in [0.25, 0.3) is 0 Å². The Labute approximate surface area is 274 Å². The Morgan fingerprint density at radius 1 is 1.04 bits per heavy atom. The number of likely N-dealkylation sites (N-methyl/N-ethyl adjacent to an activating group) is 1. The lowest BCUT2D eigenvalue weighted by atomic mass is 9.88. The molecule has 254 valence electrons. The SMILES string of the molecule is C[C@@H]1CCCCO[C@H](CN(C)S(=O)(=O)c2ccccc2)[C@@H](C)CN([C@H](C)CO)C(=O)c2cc(NC(=O)C3CCCCC3)ccc2O1. The summed E-state index contributed by atoms with van der Waals surface area (Å²) in [6.07, 6.45) is 6.58. The first kappa shape index (κ1) is 35.9. The Morgan fingerprint density at radius 2 is 1.74 bits per heavy atom. The van der Waals surface area contributed by atoms with Crippen molar-refractivity contribution in [1.82, 2.24) is 9.21 Å². The quantitative estimate of drug-likeness (QED) is 0.394. The van der Waals surface area contributed by atoms with Gasteiger partial charge in [-0.25, -0.2) is 8.42 Å². The lowest BCUT2D eigenvalue weighted by Crippen LogP contribution is -2.48. The highest BCUT2D eigenvalue weighted by Crippen LogP contribution is 2.30. The third kappa shape index (κ3) is 9.30. The predicted octanol–water partition coefficient (Wildman–Crippen LogP) is 5.32. The van der Waals surface area contributed by atoms with E-state index in [9.17, 15) is 23.1 Å². The number of anilines is 1. The molecule has 1 heterocycles. The second-order valence-corrected chi connectivity index (χ2v) is 15.0. The zero-order valence-electron chi connectivity index (χ0n) is 27.7. The van der Waals surface area contributed by atoms with Crippen LogP contribution in [0.1, 0.15) is 82.5 Å². The molecule has 0 unspecified atom stereocenters. The number of benzene rings is 2. The third-order valence-electron chi connectivity index (χ3n) is 9.18. The summed E-state index contributed by atoms with van der Waals surface area (Å²) in [5.41, 5.74) is 0.831. The van der Waals surface area contributed by atoms with E-state index in [0.717, 1.165) is 51.4 Å². The molecule has 2 aromatic carbocycles. The lowest BCUT2D eigenvalue weighted by molar-refractivity contribution is -0.120. The number of hydrogen-bond acceptors (Lipinski definition) is 7. The molecule has 1 aliphatic carbocycles. The van der Waals surface area contributed by atoms with Gasteiger partial charge in [0.1, 0.15) is 5.75 Å². The van der Waals surface area contributed by atoms with Crippen molar-refractivity contribution in [2.75, 3.05) is 38.7 Å². The molecule has 0 spiro atoms. The largest absolute Gasteiger partial charge is 0.490 e. The molecule has 2 aromatic rings. The maximum Gasteiger partial charge on any atom is 0.258 e. The van der Waals surface area contributed by atoms with E-state index in [1.165, 1.54) is 4.31 Å². The van der Waals surface area contributed by atoms with Crippen molar-refractivity contribution in [3.05, 3.63) is 54.1 Å². The number of hydrogen-bond donors (Lipinski definition) is 2. The molecule has 0 aromatic heterocycles. The minimum atomic E-state index is -3.76. The Bertz CT molecular complexity index is 1400. The van der Waals surface area contributed by atoms with Crippen LogP contribution in [0.4, 0.5) is 5.69 Å². The van der Waals surface area contributed by atoms with Gasteiger partial charge in [-0.15, -0.1) is 0 Å². The van der Waals surface area contributed by atoms with Crippen LogP contribution in [0.5, 0.6) is 5.75 Å². The maximum absolute atomic E-state index is 14.3. The van der Waals surface area contributed by atoms with E-state index in [-0.39, 0.29) is 54.3 Å². The van der Waals surface area contributed by atoms with Crippen LogP contribution >= 0.6 is 0 Å². The lowest BCUT2D eigenvalue weighted by Gasteiger charge is -2.35. The molecule has 4 atom stereocenters. The number of aliphatic hydroxyl groups is 1. The zero-order valence-corrected chi connectivity index (χ0v) is 28.5. The minimum absolute atomic E-state index is 0.0361. The molecule has 0 radical (unpaired) electrons. The monoisotopic (exact) mass is 657 g/mol. The van der Waals surface area contributed by atoms with Crippen molar-refractivity contribution in [2.45, 2.75) is 95.3 Å². The van der Waals surface area contributed by atoms with Crippen molar-refractivity contribution in [3.63, 3.8) is 0 Å². The van der Waals surface area contributed by atoms with Crippen LogP contribution in [0.2, 0.25) is 0 Å².